The molecule has 1 aliphatic heterocycles. The van der Waals surface area contributed by atoms with Gasteiger partial charge in [-0.25, -0.2) is 8.78 Å². The molecule has 0 aromatic heterocycles. The predicted octanol–water partition coefficient (Wildman–Crippen LogP) is 6.72. The highest BCUT2D eigenvalue weighted by Gasteiger charge is 2.31. The molecule has 4 rings (SSSR count). The van der Waals surface area contributed by atoms with Crippen LogP contribution in [0, 0.1) is 11.6 Å². The fourth-order valence-electron chi connectivity index (χ4n) is 4.48. The van der Waals surface area contributed by atoms with Crippen LogP contribution in [0.15, 0.2) is 48.5 Å². The zero-order valence-corrected chi connectivity index (χ0v) is 22.5. The summed E-state index contributed by atoms with van der Waals surface area (Å²) in [4.78, 5) is 26.5. The van der Waals surface area contributed by atoms with Gasteiger partial charge in [-0.05, 0) is 80.8 Å². The number of nitrogens with zero attached hydrogens (tertiary/aromatic N) is 1. The van der Waals surface area contributed by atoms with Crippen LogP contribution >= 0.6 is 23.2 Å². The third-order valence-corrected chi connectivity index (χ3v) is 7.15. The van der Waals surface area contributed by atoms with Crippen LogP contribution in [-0.2, 0) is 16.6 Å². The molecule has 0 aliphatic carbocycles. The van der Waals surface area contributed by atoms with Gasteiger partial charge in [0.15, 0.2) is 11.6 Å². The first kappa shape index (κ1) is 27.7. The Balaban J connectivity index is 1.49. The molecular weight excluding hydrogens is 537 g/mol. The standard InChI is InChI=1S/C28H26Cl2F2N2O4/c1-4-34-20(8-15-7-17(29)5-6-24(15)34)14-38-25-13-22(31)21(12-23(25)32)26(35)33-19-10-16(9-18(30)11-19)28(2,3)27(36)37/h5-7,9-13,20H,4,8,14H2,1-3H3,(H,33,35)(H,36,37)/t20-/m1/s1. The second-order valence-electron chi connectivity index (χ2n) is 9.60. The van der Waals surface area contributed by atoms with E-state index in [2.05, 4.69) is 10.2 Å². The van der Waals surface area contributed by atoms with Gasteiger partial charge in [-0.2, -0.15) is 0 Å². The third-order valence-electron chi connectivity index (χ3n) is 6.70. The number of fused-ring (bicyclic) bond motifs is 1. The highest BCUT2D eigenvalue weighted by atomic mass is 35.5. The SMILES string of the molecule is CCN1c2ccc(Cl)cc2C[C@@H]1COc1cc(F)c(C(=O)Nc2cc(Cl)cc(C(C)(C)C(=O)O)c2)cc1F. The molecule has 1 atom stereocenters. The zero-order valence-electron chi connectivity index (χ0n) is 20.9. The number of carbonyl (C=O) groups is 2. The molecule has 0 saturated heterocycles. The van der Waals surface area contributed by atoms with Crippen LogP contribution < -0.4 is 15.0 Å². The summed E-state index contributed by atoms with van der Waals surface area (Å²) in [7, 11) is 0. The van der Waals surface area contributed by atoms with E-state index in [9.17, 15) is 23.5 Å². The van der Waals surface area contributed by atoms with Crippen molar-refractivity contribution in [2.75, 3.05) is 23.4 Å². The smallest absolute Gasteiger partial charge is 0.313 e. The van der Waals surface area contributed by atoms with E-state index in [1.165, 1.54) is 32.0 Å². The van der Waals surface area contributed by atoms with Crippen molar-refractivity contribution in [3.05, 3.63) is 86.9 Å². The normalized spacial score (nSPS) is 14.8. The average Bonchev–Trinajstić information content (AvgIpc) is 3.20. The lowest BCUT2D eigenvalue weighted by molar-refractivity contribution is -0.142. The number of rotatable bonds is 8. The molecule has 10 heteroatoms. The summed E-state index contributed by atoms with van der Waals surface area (Å²) < 4.78 is 35.4. The highest BCUT2D eigenvalue weighted by Crippen LogP contribution is 2.35. The van der Waals surface area contributed by atoms with Gasteiger partial charge in [0.25, 0.3) is 5.91 Å². The number of anilines is 2. The molecule has 6 nitrogen and oxygen atoms in total. The molecule has 0 fully saturated rings. The van der Waals surface area contributed by atoms with Crippen molar-refractivity contribution in [1.82, 2.24) is 0 Å². The van der Waals surface area contributed by atoms with Crippen LogP contribution in [-0.4, -0.2) is 36.2 Å². The Hall–Kier alpha value is -3.36. The fraction of sp³-hybridized carbons (Fsp3) is 0.286. The zero-order chi connectivity index (χ0) is 27.8. The number of hydrogen-bond acceptors (Lipinski definition) is 4. The van der Waals surface area contributed by atoms with Crippen LogP contribution in [0.2, 0.25) is 10.0 Å². The number of carbonyl (C=O) groups excluding carboxylic acids is 1. The van der Waals surface area contributed by atoms with Crippen LogP contribution in [0.1, 0.15) is 42.3 Å². The van der Waals surface area contributed by atoms with Gasteiger partial charge in [-0.1, -0.05) is 23.2 Å². The van der Waals surface area contributed by atoms with Gasteiger partial charge in [-0.3, -0.25) is 9.59 Å². The number of halogens is 4. The number of nitrogens with one attached hydrogen (secondary N) is 1. The quantitative estimate of drug-likeness (QED) is 0.318. The molecule has 38 heavy (non-hydrogen) atoms. The lowest BCUT2D eigenvalue weighted by atomic mass is 9.84. The molecule has 0 radical (unpaired) electrons. The monoisotopic (exact) mass is 562 g/mol. The molecule has 1 heterocycles. The maximum Gasteiger partial charge on any atom is 0.313 e. The number of likely N-dealkylation sites (N-methyl/N-ethyl adjacent to an activating group) is 1. The van der Waals surface area contributed by atoms with Crippen LogP contribution in [0.25, 0.3) is 0 Å². The molecule has 3 aromatic carbocycles. The van der Waals surface area contributed by atoms with E-state index in [0.717, 1.165) is 23.4 Å². The number of ether oxygens (including phenoxy) is 1. The van der Waals surface area contributed by atoms with Crippen molar-refractivity contribution in [2.24, 2.45) is 0 Å². The highest BCUT2D eigenvalue weighted by molar-refractivity contribution is 6.31. The number of amides is 1. The minimum absolute atomic E-state index is 0.0917. The lowest BCUT2D eigenvalue weighted by Gasteiger charge is -2.26. The summed E-state index contributed by atoms with van der Waals surface area (Å²) in [6.45, 7) is 5.77. The van der Waals surface area contributed by atoms with Crippen molar-refractivity contribution >= 4 is 46.5 Å². The van der Waals surface area contributed by atoms with E-state index in [0.29, 0.717) is 23.6 Å². The Morgan fingerprint density at radius 2 is 1.82 bits per heavy atom. The summed E-state index contributed by atoms with van der Waals surface area (Å²) in [5, 5.41) is 12.8. The number of hydrogen-bond donors (Lipinski definition) is 2. The molecule has 1 aliphatic rings. The molecule has 0 saturated carbocycles. The summed E-state index contributed by atoms with van der Waals surface area (Å²) in [5.41, 5.74) is 0.740. The van der Waals surface area contributed by atoms with E-state index < -0.39 is 34.5 Å². The predicted molar refractivity (Wildman–Crippen MR) is 144 cm³/mol. The molecule has 2 N–H and O–H groups in total. The minimum Gasteiger partial charge on any atom is -0.488 e. The maximum atomic E-state index is 14.9. The van der Waals surface area contributed by atoms with E-state index in [1.54, 1.807) is 0 Å². The van der Waals surface area contributed by atoms with Gasteiger partial charge >= 0.3 is 5.97 Å². The fourth-order valence-corrected chi connectivity index (χ4v) is 4.91. The largest absolute Gasteiger partial charge is 0.488 e. The second-order valence-corrected chi connectivity index (χ2v) is 10.5. The topological polar surface area (TPSA) is 78.9 Å². The number of aliphatic carboxylic acids is 1. The molecule has 0 spiro atoms. The molecule has 1 amide bonds. The lowest BCUT2D eigenvalue weighted by Crippen LogP contribution is -2.36. The molecule has 200 valence electrons. The second kappa shape index (κ2) is 10.8. The third kappa shape index (κ3) is 5.56. The Labute approximate surface area is 229 Å². The van der Waals surface area contributed by atoms with Crippen molar-refractivity contribution in [3.8, 4) is 5.75 Å². The van der Waals surface area contributed by atoms with Crippen molar-refractivity contribution in [1.29, 1.82) is 0 Å². The summed E-state index contributed by atoms with van der Waals surface area (Å²) in [6.07, 6.45) is 0.647. The summed E-state index contributed by atoms with van der Waals surface area (Å²) >= 11 is 12.2. The van der Waals surface area contributed by atoms with E-state index in [-0.39, 0.29) is 29.1 Å². The molecule has 3 aromatic rings. The van der Waals surface area contributed by atoms with Crippen molar-refractivity contribution < 1.29 is 28.2 Å². The van der Waals surface area contributed by atoms with Crippen LogP contribution in [0.5, 0.6) is 5.75 Å². The number of benzene rings is 3. The number of carboxylic acid groups (broad SMARTS) is 1. The van der Waals surface area contributed by atoms with Gasteiger partial charge in [0.05, 0.1) is 17.0 Å². The van der Waals surface area contributed by atoms with E-state index in [4.69, 9.17) is 27.9 Å². The first-order valence-electron chi connectivity index (χ1n) is 11.9. The van der Waals surface area contributed by atoms with Gasteiger partial charge in [0, 0.05) is 34.0 Å². The van der Waals surface area contributed by atoms with Crippen molar-refractivity contribution in [3.63, 3.8) is 0 Å². The summed E-state index contributed by atoms with van der Waals surface area (Å²) in [6, 6.07) is 11.4. The Morgan fingerprint density at radius 1 is 1.08 bits per heavy atom. The minimum atomic E-state index is -1.29. The van der Waals surface area contributed by atoms with Crippen LogP contribution in [0.3, 0.4) is 0 Å². The van der Waals surface area contributed by atoms with Gasteiger partial charge in [0.2, 0.25) is 0 Å². The van der Waals surface area contributed by atoms with Gasteiger partial charge in [0.1, 0.15) is 12.4 Å². The Morgan fingerprint density at radius 3 is 2.50 bits per heavy atom. The Bertz CT molecular complexity index is 1410. The number of carboxylic acids is 1. The first-order chi connectivity index (χ1) is 17.9. The van der Waals surface area contributed by atoms with Gasteiger partial charge in [-0.15, -0.1) is 0 Å². The molecule has 0 unspecified atom stereocenters. The van der Waals surface area contributed by atoms with E-state index in [1.807, 2.05) is 25.1 Å². The average molecular weight is 563 g/mol. The Kier molecular flexibility index (Phi) is 7.85. The van der Waals surface area contributed by atoms with Gasteiger partial charge < -0.3 is 20.1 Å². The molecular formula is C28H26Cl2F2N2O4. The van der Waals surface area contributed by atoms with Crippen LogP contribution in [0.4, 0.5) is 20.2 Å². The van der Waals surface area contributed by atoms with E-state index >= 15 is 0 Å². The summed E-state index contributed by atoms with van der Waals surface area (Å²) in [5.74, 6) is -4.18. The van der Waals surface area contributed by atoms with Crippen molar-refractivity contribution in [2.45, 2.75) is 38.6 Å². The molecule has 0 bridgehead atoms. The maximum absolute atomic E-state index is 14.9. The first-order valence-corrected chi connectivity index (χ1v) is 12.7.